The molecule has 0 aromatic heterocycles. The average molecular weight is 357 g/mol. The summed E-state index contributed by atoms with van der Waals surface area (Å²) >= 11 is 5.84. The van der Waals surface area contributed by atoms with Gasteiger partial charge in [-0.2, -0.15) is 13.2 Å². The van der Waals surface area contributed by atoms with E-state index in [-0.39, 0.29) is 17.3 Å². The molecule has 0 radical (unpaired) electrons. The van der Waals surface area contributed by atoms with Crippen LogP contribution < -0.4 is 10.6 Å². The summed E-state index contributed by atoms with van der Waals surface area (Å²) in [5, 5.41) is 4.97. The molecule has 2 rings (SSSR count). The van der Waals surface area contributed by atoms with E-state index in [1.807, 2.05) is 32.0 Å². The molecule has 0 aliphatic heterocycles. The maximum absolute atomic E-state index is 12.7. The van der Waals surface area contributed by atoms with Crippen LogP contribution >= 0.6 is 11.6 Å². The van der Waals surface area contributed by atoms with E-state index in [2.05, 4.69) is 10.6 Å². The second-order valence-electron chi connectivity index (χ2n) is 5.50. The molecule has 0 fully saturated rings. The van der Waals surface area contributed by atoms with Crippen LogP contribution in [0.1, 0.15) is 22.3 Å². The van der Waals surface area contributed by atoms with Gasteiger partial charge in [0, 0.05) is 6.54 Å². The largest absolute Gasteiger partial charge is 0.416 e. The molecule has 0 atom stereocenters. The zero-order valence-corrected chi connectivity index (χ0v) is 13.8. The third-order valence-electron chi connectivity index (χ3n) is 3.28. The van der Waals surface area contributed by atoms with Crippen molar-refractivity contribution in [3.8, 4) is 0 Å². The molecule has 2 amide bonds. The van der Waals surface area contributed by atoms with E-state index in [1.165, 1.54) is 0 Å². The molecule has 0 heterocycles. The molecule has 0 saturated heterocycles. The molecule has 0 unspecified atom stereocenters. The van der Waals surface area contributed by atoms with Crippen LogP contribution in [0.2, 0.25) is 5.02 Å². The predicted molar refractivity (Wildman–Crippen MR) is 88.2 cm³/mol. The van der Waals surface area contributed by atoms with E-state index in [9.17, 15) is 18.0 Å². The Kier molecular flexibility index (Phi) is 5.39. The van der Waals surface area contributed by atoms with Gasteiger partial charge in [-0.25, -0.2) is 4.79 Å². The molecular formula is C17H16ClF3N2O. The first-order chi connectivity index (χ1) is 11.1. The molecule has 3 nitrogen and oxygen atoms in total. The molecule has 0 spiro atoms. The minimum Gasteiger partial charge on any atom is -0.334 e. The number of hydrogen-bond donors (Lipinski definition) is 2. The van der Waals surface area contributed by atoms with E-state index in [0.29, 0.717) is 0 Å². The molecule has 0 saturated carbocycles. The molecular weight excluding hydrogens is 341 g/mol. The Hall–Kier alpha value is -2.21. The van der Waals surface area contributed by atoms with Crippen LogP contribution in [0.25, 0.3) is 0 Å². The number of carbonyl (C=O) groups excluding carboxylic acids is 1. The highest BCUT2D eigenvalue weighted by Gasteiger charge is 2.31. The zero-order chi connectivity index (χ0) is 17.9. The minimum absolute atomic E-state index is 0.0320. The van der Waals surface area contributed by atoms with Crippen LogP contribution in [0.15, 0.2) is 36.4 Å². The first-order valence-corrected chi connectivity index (χ1v) is 7.52. The van der Waals surface area contributed by atoms with Crippen molar-refractivity contribution in [2.75, 3.05) is 5.32 Å². The third-order valence-corrected chi connectivity index (χ3v) is 3.61. The quantitative estimate of drug-likeness (QED) is 0.770. The molecule has 7 heteroatoms. The minimum atomic E-state index is -4.50. The second-order valence-corrected chi connectivity index (χ2v) is 5.90. The van der Waals surface area contributed by atoms with E-state index < -0.39 is 17.8 Å². The Labute approximate surface area is 142 Å². The first kappa shape index (κ1) is 18.1. The molecule has 2 aromatic rings. The van der Waals surface area contributed by atoms with Crippen molar-refractivity contribution in [3.05, 3.63) is 63.7 Å². The summed E-state index contributed by atoms with van der Waals surface area (Å²) in [6.07, 6.45) is -4.50. The highest BCUT2D eigenvalue weighted by Crippen LogP contribution is 2.33. The van der Waals surface area contributed by atoms with Crippen LogP contribution in [-0.4, -0.2) is 6.03 Å². The van der Waals surface area contributed by atoms with Gasteiger partial charge in [0.1, 0.15) is 0 Å². The van der Waals surface area contributed by atoms with Crippen LogP contribution in [0.4, 0.5) is 23.7 Å². The number of nitrogens with one attached hydrogen (secondary N) is 2. The van der Waals surface area contributed by atoms with Gasteiger partial charge in [0.25, 0.3) is 0 Å². The van der Waals surface area contributed by atoms with E-state index in [4.69, 9.17) is 11.6 Å². The summed E-state index contributed by atoms with van der Waals surface area (Å²) < 4.78 is 38.1. The van der Waals surface area contributed by atoms with Gasteiger partial charge in [-0.1, -0.05) is 40.9 Å². The number of carbonyl (C=O) groups is 1. The van der Waals surface area contributed by atoms with Crippen molar-refractivity contribution < 1.29 is 18.0 Å². The summed E-state index contributed by atoms with van der Waals surface area (Å²) in [7, 11) is 0. The molecule has 0 bridgehead atoms. The fourth-order valence-corrected chi connectivity index (χ4v) is 2.48. The Morgan fingerprint density at radius 2 is 1.71 bits per heavy atom. The number of halogens is 4. The van der Waals surface area contributed by atoms with Crippen LogP contribution in [0, 0.1) is 13.8 Å². The topological polar surface area (TPSA) is 41.1 Å². The zero-order valence-electron chi connectivity index (χ0n) is 13.1. The number of anilines is 1. The first-order valence-electron chi connectivity index (χ1n) is 7.14. The van der Waals surface area contributed by atoms with Gasteiger partial charge >= 0.3 is 12.2 Å². The van der Waals surface area contributed by atoms with Crippen molar-refractivity contribution in [1.82, 2.24) is 5.32 Å². The second kappa shape index (κ2) is 7.13. The highest BCUT2D eigenvalue weighted by molar-refractivity contribution is 6.33. The Bertz CT molecular complexity index is 740. The normalized spacial score (nSPS) is 11.2. The number of benzene rings is 2. The van der Waals surface area contributed by atoms with Gasteiger partial charge in [-0.3, -0.25) is 0 Å². The average Bonchev–Trinajstić information content (AvgIpc) is 2.45. The summed E-state index contributed by atoms with van der Waals surface area (Å²) in [6.45, 7) is 4.14. The standard InChI is InChI=1S/C17H16ClF3N2O/c1-10-5-11(2)7-12(6-10)9-22-16(24)23-15-8-13(17(19,20)21)3-4-14(15)18/h3-8H,9H2,1-2H3,(H2,22,23,24). The Balaban J connectivity index is 2.04. The molecule has 2 aromatic carbocycles. The Morgan fingerprint density at radius 3 is 2.29 bits per heavy atom. The van der Waals surface area contributed by atoms with Gasteiger partial charge in [0.15, 0.2) is 0 Å². The lowest BCUT2D eigenvalue weighted by molar-refractivity contribution is -0.137. The van der Waals surface area contributed by atoms with E-state index in [0.717, 1.165) is 34.9 Å². The molecule has 128 valence electrons. The van der Waals surface area contributed by atoms with Crippen molar-refractivity contribution >= 4 is 23.3 Å². The van der Waals surface area contributed by atoms with E-state index in [1.54, 1.807) is 0 Å². The van der Waals surface area contributed by atoms with Crippen LogP contribution in [0.5, 0.6) is 0 Å². The molecule has 2 N–H and O–H groups in total. The summed E-state index contributed by atoms with van der Waals surface area (Å²) in [6, 6.07) is 7.99. The number of alkyl halides is 3. The lowest BCUT2D eigenvalue weighted by atomic mass is 10.1. The summed E-state index contributed by atoms with van der Waals surface area (Å²) in [5.74, 6) is 0. The number of urea groups is 1. The van der Waals surface area contributed by atoms with Gasteiger partial charge in [0.2, 0.25) is 0 Å². The monoisotopic (exact) mass is 356 g/mol. The number of amides is 2. The molecule has 0 aliphatic rings. The van der Waals surface area contributed by atoms with Crippen molar-refractivity contribution in [2.24, 2.45) is 0 Å². The van der Waals surface area contributed by atoms with E-state index >= 15 is 0 Å². The summed E-state index contributed by atoms with van der Waals surface area (Å²) in [4.78, 5) is 11.9. The van der Waals surface area contributed by atoms with Crippen LogP contribution in [-0.2, 0) is 12.7 Å². The predicted octanol–water partition coefficient (Wildman–Crippen LogP) is 5.30. The fourth-order valence-electron chi connectivity index (χ4n) is 2.32. The smallest absolute Gasteiger partial charge is 0.334 e. The third kappa shape index (κ3) is 4.89. The van der Waals surface area contributed by atoms with Gasteiger partial charge < -0.3 is 10.6 Å². The molecule has 24 heavy (non-hydrogen) atoms. The lowest BCUT2D eigenvalue weighted by Gasteiger charge is -2.12. The van der Waals surface area contributed by atoms with Crippen LogP contribution in [0.3, 0.4) is 0 Å². The van der Waals surface area contributed by atoms with Crippen molar-refractivity contribution in [2.45, 2.75) is 26.6 Å². The highest BCUT2D eigenvalue weighted by atomic mass is 35.5. The number of hydrogen-bond acceptors (Lipinski definition) is 1. The maximum Gasteiger partial charge on any atom is 0.416 e. The van der Waals surface area contributed by atoms with Crippen molar-refractivity contribution in [3.63, 3.8) is 0 Å². The van der Waals surface area contributed by atoms with Gasteiger partial charge in [-0.05, 0) is 37.6 Å². The number of rotatable bonds is 3. The SMILES string of the molecule is Cc1cc(C)cc(CNC(=O)Nc2cc(C(F)(F)F)ccc2Cl)c1. The lowest BCUT2D eigenvalue weighted by Crippen LogP contribution is -2.28. The number of aryl methyl sites for hydroxylation is 2. The fraction of sp³-hybridized carbons (Fsp3) is 0.235. The van der Waals surface area contributed by atoms with Gasteiger partial charge in [0.05, 0.1) is 16.3 Å². The maximum atomic E-state index is 12.7. The summed E-state index contributed by atoms with van der Waals surface area (Å²) in [5.41, 5.74) is 2.06. The van der Waals surface area contributed by atoms with Gasteiger partial charge in [-0.15, -0.1) is 0 Å². The Morgan fingerprint density at radius 1 is 1.08 bits per heavy atom. The van der Waals surface area contributed by atoms with Crippen molar-refractivity contribution in [1.29, 1.82) is 0 Å². The molecule has 0 aliphatic carbocycles.